The molecule has 0 heterocycles. The molecule has 0 aromatic heterocycles. The Kier molecular flexibility index (Phi) is 5.49. The van der Waals surface area contributed by atoms with Crippen LogP contribution in [-0.2, 0) is 0 Å². The van der Waals surface area contributed by atoms with Crippen LogP contribution >= 0.6 is 0 Å². The quantitative estimate of drug-likeness (QED) is 0.799. The maximum atomic E-state index is 13.0. The Morgan fingerprint density at radius 3 is 2.32 bits per heavy atom. The van der Waals surface area contributed by atoms with Gasteiger partial charge in [-0.3, -0.25) is 4.79 Å². The lowest BCUT2D eigenvalue weighted by Gasteiger charge is -2.13. The number of carbonyl (C=O) groups excluding carboxylic acids is 1. The molecule has 1 N–H and O–H groups in total. The van der Waals surface area contributed by atoms with Gasteiger partial charge in [0.1, 0.15) is 36.6 Å². The van der Waals surface area contributed by atoms with Crippen molar-refractivity contribution >= 4 is 5.78 Å². The molecule has 2 aromatic carbocycles. The fourth-order valence-corrected chi connectivity index (χ4v) is 1.78. The molecule has 0 amide bonds. The highest BCUT2D eigenvalue weighted by atomic mass is 19.1. The first-order valence-corrected chi connectivity index (χ1v) is 6.85. The number of aliphatic hydroxyl groups is 1. The summed E-state index contributed by atoms with van der Waals surface area (Å²) < 4.78 is 23.6. The number of carbonyl (C=O) groups is 1. The smallest absolute Gasteiger partial charge is 0.159 e. The summed E-state index contributed by atoms with van der Waals surface area (Å²) in [5.41, 5.74) is 0.599. The van der Waals surface area contributed by atoms with E-state index in [0.717, 1.165) is 0 Å². The topological polar surface area (TPSA) is 55.8 Å². The van der Waals surface area contributed by atoms with Crippen molar-refractivity contribution in [1.29, 1.82) is 0 Å². The van der Waals surface area contributed by atoms with Gasteiger partial charge in [0.05, 0.1) is 0 Å². The van der Waals surface area contributed by atoms with Gasteiger partial charge in [-0.05, 0) is 43.3 Å². The van der Waals surface area contributed by atoms with E-state index < -0.39 is 11.9 Å². The van der Waals surface area contributed by atoms with Gasteiger partial charge in [-0.15, -0.1) is 0 Å². The summed E-state index contributed by atoms with van der Waals surface area (Å²) in [6, 6.07) is 12.3. The van der Waals surface area contributed by atoms with Gasteiger partial charge in [-0.2, -0.15) is 0 Å². The van der Waals surface area contributed by atoms with Crippen molar-refractivity contribution in [3.63, 3.8) is 0 Å². The van der Waals surface area contributed by atoms with Crippen molar-refractivity contribution < 1.29 is 23.8 Å². The summed E-state index contributed by atoms with van der Waals surface area (Å²) in [7, 11) is 0. The van der Waals surface area contributed by atoms with Gasteiger partial charge in [0.25, 0.3) is 0 Å². The molecule has 116 valence electrons. The Labute approximate surface area is 128 Å². The molecular formula is C17H17FO4. The van der Waals surface area contributed by atoms with E-state index in [9.17, 15) is 14.3 Å². The van der Waals surface area contributed by atoms with E-state index in [1.54, 1.807) is 30.3 Å². The lowest BCUT2D eigenvalue weighted by atomic mass is 10.1. The van der Waals surface area contributed by atoms with Crippen LogP contribution in [0.3, 0.4) is 0 Å². The summed E-state index contributed by atoms with van der Waals surface area (Å²) in [5.74, 6) is 0.489. The summed E-state index contributed by atoms with van der Waals surface area (Å²) in [6.07, 6.45) is -0.851. The van der Waals surface area contributed by atoms with Crippen molar-refractivity contribution in [3.05, 3.63) is 59.9 Å². The van der Waals surface area contributed by atoms with Crippen LogP contribution in [0.25, 0.3) is 0 Å². The lowest BCUT2D eigenvalue weighted by Crippen LogP contribution is -2.25. The molecule has 22 heavy (non-hydrogen) atoms. The normalized spacial score (nSPS) is 11.8. The van der Waals surface area contributed by atoms with Gasteiger partial charge in [0.15, 0.2) is 5.78 Å². The highest BCUT2D eigenvalue weighted by Crippen LogP contribution is 2.14. The molecule has 0 aliphatic heterocycles. The van der Waals surface area contributed by atoms with Crippen LogP contribution in [0.1, 0.15) is 17.3 Å². The fourth-order valence-electron chi connectivity index (χ4n) is 1.78. The number of ketones is 1. The molecule has 0 radical (unpaired) electrons. The van der Waals surface area contributed by atoms with E-state index in [2.05, 4.69) is 0 Å². The van der Waals surface area contributed by atoms with E-state index in [1.165, 1.54) is 25.1 Å². The van der Waals surface area contributed by atoms with E-state index in [-0.39, 0.29) is 19.0 Å². The van der Waals surface area contributed by atoms with E-state index in [4.69, 9.17) is 9.47 Å². The predicted octanol–water partition coefficient (Wildman–Crippen LogP) is 2.85. The van der Waals surface area contributed by atoms with Crippen LogP contribution in [0, 0.1) is 5.82 Å². The summed E-state index contributed by atoms with van der Waals surface area (Å²) in [6.45, 7) is 1.52. The molecule has 0 saturated heterocycles. The Morgan fingerprint density at radius 2 is 1.73 bits per heavy atom. The maximum absolute atomic E-state index is 13.0. The first-order chi connectivity index (χ1) is 10.5. The molecular weight excluding hydrogens is 287 g/mol. The number of benzene rings is 2. The average molecular weight is 304 g/mol. The van der Waals surface area contributed by atoms with Crippen LogP contribution in [0.2, 0.25) is 0 Å². The number of hydrogen-bond acceptors (Lipinski definition) is 4. The maximum Gasteiger partial charge on any atom is 0.159 e. The molecule has 2 rings (SSSR count). The van der Waals surface area contributed by atoms with Crippen LogP contribution in [0.5, 0.6) is 11.5 Å². The number of Topliss-reactive ketones (excluding diaryl/α,β-unsaturated/α-hetero) is 1. The van der Waals surface area contributed by atoms with Crippen molar-refractivity contribution in [3.8, 4) is 11.5 Å². The third kappa shape index (κ3) is 4.86. The second-order valence-corrected chi connectivity index (χ2v) is 4.81. The number of halogens is 1. The van der Waals surface area contributed by atoms with Gasteiger partial charge >= 0.3 is 0 Å². The largest absolute Gasteiger partial charge is 0.491 e. The molecule has 5 heteroatoms. The Balaban J connectivity index is 1.77. The minimum absolute atomic E-state index is 0.00498. The van der Waals surface area contributed by atoms with Crippen molar-refractivity contribution in [2.45, 2.75) is 13.0 Å². The minimum atomic E-state index is -0.851. The van der Waals surface area contributed by atoms with Crippen molar-refractivity contribution in [2.24, 2.45) is 0 Å². The number of ether oxygens (including phenoxy) is 2. The standard InChI is InChI=1S/C17H17FO4/c1-12(19)13-5-7-16(8-6-13)21-10-15(20)11-22-17-4-2-3-14(18)9-17/h2-9,15,20H,10-11H2,1H3. The molecule has 0 saturated carbocycles. The van der Waals surface area contributed by atoms with Crippen molar-refractivity contribution in [1.82, 2.24) is 0 Å². The summed E-state index contributed by atoms with van der Waals surface area (Å²) in [5, 5.41) is 9.79. The van der Waals surface area contributed by atoms with Gasteiger partial charge in [0.2, 0.25) is 0 Å². The van der Waals surface area contributed by atoms with Crippen molar-refractivity contribution in [2.75, 3.05) is 13.2 Å². The second-order valence-electron chi connectivity index (χ2n) is 4.81. The Bertz CT molecular complexity index is 625. The molecule has 0 aliphatic rings. The summed E-state index contributed by atoms with van der Waals surface area (Å²) in [4.78, 5) is 11.1. The van der Waals surface area contributed by atoms with Gasteiger partial charge in [-0.1, -0.05) is 6.07 Å². The molecule has 1 unspecified atom stereocenters. The highest BCUT2D eigenvalue weighted by Gasteiger charge is 2.07. The predicted molar refractivity (Wildman–Crippen MR) is 79.8 cm³/mol. The van der Waals surface area contributed by atoms with E-state index >= 15 is 0 Å². The molecule has 0 aliphatic carbocycles. The minimum Gasteiger partial charge on any atom is -0.491 e. The zero-order valence-corrected chi connectivity index (χ0v) is 12.2. The SMILES string of the molecule is CC(=O)c1ccc(OCC(O)COc2cccc(F)c2)cc1. The van der Waals surface area contributed by atoms with Gasteiger partial charge < -0.3 is 14.6 Å². The molecule has 4 nitrogen and oxygen atoms in total. The number of hydrogen-bond donors (Lipinski definition) is 1. The third-order valence-electron chi connectivity index (χ3n) is 2.94. The zero-order valence-electron chi connectivity index (χ0n) is 12.2. The van der Waals surface area contributed by atoms with Crippen LogP contribution < -0.4 is 9.47 Å². The fraction of sp³-hybridized carbons (Fsp3) is 0.235. The average Bonchev–Trinajstić information content (AvgIpc) is 2.51. The Morgan fingerprint density at radius 1 is 1.09 bits per heavy atom. The van der Waals surface area contributed by atoms with Crippen LogP contribution in [-0.4, -0.2) is 30.2 Å². The highest BCUT2D eigenvalue weighted by molar-refractivity contribution is 5.94. The first-order valence-electron chi connectivity index (χ1n) is 6.85. The molecule has 0 spiro atoms. The first kappa shape index (κ1) is 16.0. The van der Waals surface area contributed by atoms with Gasteiger partial charge in [0, 0.05) is 11.6 Å². The molecule has 1 atom stereocenters. The van der Waals surface area contributed by atoms with Crippen LogP contribution in [0.4, 0.5) is 4.39 Å². The monoisotopic (exact) mass is 304 g/mol. The Hall–Kier alpha value is -2.40. The van der Waals surface area contributed by atoms with Gasteiger partial charge in [-0.25, -0.2) is 4.39 Å². The van der Waals surface area contributed by atoms with E-state index in [0.29, 0.717) is 17.1 Å². The second kappa shape index (κ2) is 7.56. The zero-order chi connectivity index (χ0) is 15.9. The molecule has 0 bridgehead atoms. The number of aliphatic hydroxyl groups excluding tert-OH is 1. The molecule has 0 fully saturated rings. The summed E-state index contributed by atoms with van der Waals surface area (Å²) >= 11 is 0. The number of rotatable bonds is 7. The molecule has 2 aromatic rings. The third-order valence-corrected chi connectivity index (χ3v) is 2.94. The lowest BCUT2D eigenvalue weighted by molar-refractivity contribution is 0.0625. The van der Waals surface area contributed by atoms with E-state index in [1.807, 2.05) is 0 Å². The van der Waals surface area contributed by atoms with Crippen LogP contribution in [0.15, 0.2) is 48.5 Å².